The molecule has 6 heteroatoms. The zero-order valence-corrected chi connectivity index (χ0v) is 13.3. The van der Waals surface area contributed by atoms with Crippen LogP contribution in [0.25, 0.3) is 0 Å². The van der Waals surface area contributed by atoms with Gasteiger partial charge in [-0.1, -0.05) is 26.2 Å². The topological polar surface area (TPSA) is 68.2 Å². The number of nitrogens with one attached hydrogen (secondary N) is 1. The maximum Gasteiger partial charge on any atom is 0.188 e. The van der Waals surface area contributed by atoms with E-state index in [4.69, 9.17) is 5.73 Å². The Morgan fingerprint density at radius 3 is 2.89 bits per heavy atom. The summed E-state index contributed by atoms with van der Waals surface area (Å²) in [5.74, 6) is 0.536. The van der Waals surface area contributed by atoms with Gasteiger partial charge in [0.1, 0.15) is 0 Å². The summed E-state index contributed by atoms with van der Waals surface area (Å²) in [5.41, 5.74) is 5.74. The highest BCUT2D eigenvalue weighted by molar-refractivity contribution is 14.0. The lowest BCUT2D eigenvalue weighted by Crippen LogP contribution is -2.34. The van der Waals surface area contributed by atoms with Crippen LogP contribution in [0.2, 0.25) is 0 Å². The average molecular weight is 365 g/mol. The highest BCUT2D eigenvalue weighted by Crippen LogP contribution is 1.98. The highest BCUT2D eigenvalue weighted by atomic mass is 127. The van der Waals surface area contributed by atoms with Crippen LogP contribution in [0.4, 0.5) is 0 Å². The summed E-state index contributed by atoms with van der Waals surface area (Å²) in [6.45, 7) is 4.58. The molecule has 18 heavy (non-hydrogen) atoms. The second kappa shape index (κ2) is 11.3. The summed E-state index contributed by atoms with van der Waals surface area (Å²) in [4.78, 5) is 4.27. The zero-order chi connectivity index (χ0) is 12.3. The van der Waals surface area contributed by atoms with Gasteiger partial charge in [0.2, 0.25) is 0 Å². The Kier molecular flexibility index (Phi) is 10.8. The smallest absolute Gasteiger partial charge is 0.188 e. The molecule has 1 rings (SSSR count). The summed E-state index contributed by atoms with van der Waals surface area (Å²) >= 11 is 0. The van der Waals surface area contributed by atoms with Gasteiger partial charge in [0.15, 0.2) is 5.96 Å². The summed E-state index contributed by atoms with van der Waals surface area (Å²) in [5, 5.41) is 7.18. The quantitative estimate of drug-likeness (QED) is 0.320. The fraction of sp³-hybridized carbons (Fsp3) is 0.667. The van der Waals surface area contributed by atoms with Crippen LogP contribution in [-0.2, 0) is 6.54 Å². The number of hydrogen-bond donors (Lipinski definition) is 2. The summed E-state index contributed by atoms with van der Waals surface area (Å²) in [6.07, 6.45) is 8.59. The van der Waals surface area contributed by atoms with Gasteiger partial charge in [0.05, 0.1) is 6.54 Å². The van der Waals surface area contributed by atoms with Crippen molar-refractivity contribution in [3.8, 4) is 0 Å². The molecule has 0 saturated carbocycles. The van der Waals surface area contributed by atoms with E-state index in [1.165, 1.54) is 19.3 Å². The van der Waals surface area contributed by atoms with Gasteiger partial charge < -0.3 is 11.1 Å². The number of hydrogen-bond acceptors (Lipinski definition) is 2. The number of unbranched alkanes of at least 4 members (excludes halogenated alkanes) is 3. The minimum Gasteiger partial charge on any atom is -0.370 e. The lowest BCUT2D eigenvalue weighted by molar-refractivity contribution is 0.601. The van der Waals surface area contributed by atoms with Crippen LogP contribution in [-0.4, -0.2) is 28.8 Å². The van der Waals surface area contributed by atoms with E-state index in [-0.39, 0.29) is 24.0 Å². The Balaban J connectivity index is 0.00000289. The molecule has 0 aliphatic carbocycles. The third-order valence-corrected chi connectivity index (χ3v) is 2.50. The van der Waals surface area contributed by atoms with Gasteiger partial charge in [-0.25, -0.2) is 0 Å². The Hall–Kier alpha value is -0.790. The van der Waals surface area contributed by atoms with Crippen molar-refractivity contribution in [2.24, 2.45) is 10.7 Å². The van der Waals surface area contributed by atoms with Crippen LogP contribution < -0.4 is 11.1 Å². The van der Waals surface area contributed by atoms with Crippen molar-refractivity contribution >= 4 is 29.9 Å². The number of nitrogens with zero attached hydrogens (tertiary/aromatic N) is 3. The van der Waals surface area contributed by atoms with Gasteiger partial charge in [-0.15, -0.1) is 24.0 Å². The number of halogens is 1. The van der Waals surface area contributed by atoms with Gasteiger partial charge in [-0.05, 0) is 12.5 Å². The van der Waals surface area contributed by atoms with Crippen LogP contribution in [0.15, 0.2) is 23.5 Å². The average Bonchev–Trinajstić information content (AvgIpc) is 2.82. The van der Waals surface area contributed by atoms with E-state index in [2.05, 4.69) is 22.3 Å². The third-order valence-electron chi connectivity index (χ3n) is 2.50. The normalized spacial score (nSPS) is 11.1. The first-order valence-corrected chi connectivity index (χ1v) is 6.34. The monoisotopic (exact) mass is 365 g/mol. The van der Waals surface area contributed by atoms with Crippen LogP contribution in [0.5, 0.6) is 0 Å². The molecule has 0 aromatic carbocycles. The molecule has 0 atom stereocenters. The Morgan fingerprint density at radius 2 is 2.22 bits per heavy atom. The van der Waals surface area contributed by atoms with Crippen molar-refractivity contribution < 1.29 is 0 Å². The molecule has 0 spiro atoms. The predicted molar refractivity (Wildman–Crippen MR) is 86.3 cm³/mol. The Labute approximate surface area is 126 Å². The maximum absolute atomic E-state index is 5.74. The molecular weight excluding hydrogens is 341 g/mol. The fourth-order valence-electron chi connectivity index (χ4n) is 1.53. The molecular formula is C12H24IN5. The molecule has 3 N–H and O–H groups in total. The summed E-state index contributed by atoms with van der Waals surface area (Å²) in [7, 11) is 0. The van der Waals surface area contributed by atoms with Crippen LogP contribution in [0, 0.1) is 0 Å². The van der Waals surface area contributed by atoms with E-state index in [1.54, 1.807) is 6.20 Å². The minimum atomic E-state index is 0. The number of aliphatic imine (C=N–C) groups is 1. The maximum atomic E-state index is 5.74. The van der Waals surface area contributed by atoms with E-state index < -0.39 is 0 Å². The van der Waals surface area contributed by atoms with Crippen molar-refractivity contribution in [1.29, 1.82) is 0 Å². The molecule has 0 aliphatic rings. The SMILES string of the molecule is CCCCCCN=C(N)NCCn1cccn1.I. The van der Waals surface area contributed by atoms with E-state index in [1.807, 2.05) is 16.9 Å². The number of nitrogens with two attached hydrogens (primary N) is 1. The van der Waals surface area contributed by atoms with Gasteiger partial charge in [0.25, 0.3) is 0 Å². The Bertz CT molecular complexity index is 310. The van der Waals surface area contributed by atoms with Crippen molar-refractivity contribution in [2.75, 3.05) is 13.1 Å². The van der Waals surface area contributed by atoms with Crippen molar-refractivity contribution in [3.05, 3.63) is 18.5 Å². The highest BCUT2D eigenvalue weighted by Gasteiger charge is 1.93. The molecule has 0 amide bonds. The van der Waals surface area contributed by atoms with Crippen molar-refractivity contribution in [3.63, 3.8) is 0 Å². The molecule has 0 saturated heterocycles. The number of guanidine groups is 1. The first kappa shape index (κ1) is 17.2. The van der Waals surface area contributed by atoms with Crippen molar-refractivity contribution in [1.82, 2.24) is 15.1 Å². The van der Waals surface area contributed by atoms with Crippen molar-refractivity contribution in [2.45, 2.75) is 39.2 Å². The number of aromatic nitrogens is 2. The molecule has 104 valence electrons. The minimum absolute atomic E-state index is 0. The molecule has 0 bridgehead atoms. The standard InChI is InChI=1S/C12H23N5.HI/c1-2-3-4-5-7-14-12(13)15-9-11-17-10-6-8-16-17;/h6,8,10H,2-5,7,9,11H2,1H3,(H3,13,14,15);1H. The van der Waals surface area contributed by atoms with E-state index >= 15 is 0 Å². The molecule has 5 nitrogen and oxygen atoms in total. The second-order valence-electron chi connectivity index (χ2n) is 4.02. The fourth-order valence-corrected chi connectivity index (χ4v) is 1.53. The molecule has 1 heterocycles. The van der Waals surface area contributed by atoms with E-state index in [0.717, 1.165) is 26.1 Å². The largest absolute Gasteiger partial charge is 0.370 e. The molecule has 0 unspecified atom stereocenters. The Morgan fingerprint density at radius 1 is 1.39 bits per heavy atom. The lowest BCUT2D eigenvalue weighted by atomic mass is 10.2. The van der Waals surface area contributed by atoms with Gasteiger partial charge in [0, 0.05) is 25.5 Å². The molecule has 0 fully saturated rings. The second-order valence-corrected chi connectivity index (χ2v) is 4.02. The number of rotatable bonds is 8. The van der Waals surface area contributed by atoms with Crippen LogP contribution in [0.3, 0.4) is 0 Å². The zero-order valence-electron chi connectivity index (χ0n) is 11.0. The van der Waals surface area contributed by atoms with Gasteiger partial charge >= 0.3 is 0 Å². The predicted octanol–water partition coefficient (Wildman–Crippen LogP) is 1.99. The van der Waals surface area contributed by atoms with Crippen LogP contribution in [0.1, 0.15) is 32.6 Å². The third kappa shape index (κ3) is 8.32. The molecule has 0 radical (unpaired) electrons. The van der Waals surface area contributed by atoms with E-state index in [9.17, 15) is 0 Å². The summed E-state index contributed by atoms with van der Waals surface area (Å²) in [6, 6.07) is 1.91. The van der Waals surface area contributed by atoms with Gasteiger partial charge in [-0.3, -0.25) is 9.67 Å². The van der Waals surface area contributed by atoms with Crippen LogP contribution >= 0.6 is 24.0 Å². The lowest BCUT2D eigenvalue weighted by Gasteiger charge is -2.05. The van der Waals surface area contributed by atoms with E-state index in [0.29, 0.717) is 5.96 Å². The molecule has 0 aliphatic heterocycles. The van der Waals surface area contributed by atoms with Gasteiger partial charge in [-0.2, -0.15) is 5.10 Å². The summed E-state index contributed by atoms with van der Waals surface area (Å²) < 4.78 is 1.86. The molecule has 1 aromatic rings. The first-order chi connectivity index (χ1) is 8.33. The first-order valence-electron chi connectivity index (χ1n) is 6.34. The molecule has 1 aromatic heterocycles.